The van der Waals surface area contributed by atoms with Crippen LogP contribution in [0.25, 0.3) is 11.1 Å². The molecule has 1 atom stereocenters. The Morgan fingerprint density at radius 3 is 2.25 bits per heavy atom. The summed E-state index contributed by atoms with van der Waals surface area (Å²) in [5, 5.41) is 5.50. The number of hydrogen-bond donors (Lipinski definition) is 3. The first-order chi connectivity index (χ1) is 17.5. The molecular formula is C27H43N3O4S2. The number of likely N-dealkylation sites (N-methyl/N-ethyl adjacent to an activating group) is 1. The van der Waals surface area contributed by atoms with Gasteiger partial charge in [-0.2, -0.15) is 11.8 Å². The van der Waals surface area contributed by atoms with Gasteiger partial charge in [-0.3, -0.25) is 14.3 Å². The molecule has 3 N–H and O–H groups in total. The van der Waals surface area contributed by atoms with E-state index in [9.17, 15) is 9.59 Å². The van der Waals surface area contributed by atoms with Gasteiger partial charge in [0.15, 0.2) is 0 Å². The Morgan fingerprint density at radius 2 is 1.78 bits per heavy atom. The maximum Gasteiger partial charge on any atom is 0.319 e. The van der Waals surface area contributed by atoms with Crippen LogP contribution in [0.4, 0.5) is 0 Å². The monoisotopic (exact) mass is 537 g/mol. The number of esters is 1. The van der Waals surface area contributed by atoms with Gasteiger partial charge in [-0.1, -0.05) is 56.7 Å². The van der Waals surface area contributed by atoms with Gasteiger partial charge in [-0.05, 0) is 73.2 Å². The summed E-state index contributed by atoms with van der Waals surface area (Å²) >= 11 is 3.47. The van der Waals surface area contributed by atoms with E-state index >= 15 is 0 Å². The third-order valence-electron chi connectivity index (χ3n) is 4.59. The minimum Gasteiger partial charge on any atom is -0.468 e. The molecule has 0 spiro atoms. The van der Waals surface area contributed by atoms with E-state index in [1.807, 2.05) is 24.6 Å². The molecule has 0 fully saturated rings. The van der Waals surface area contributed by atoms with E-state index in [0.29, 0.717) is 0 Å². The minimum absolute atomic E-state index is 0.184. The van der Waals surface area contributed by atoms with Gasteiger partial charge >= 0.3 is 5.97 Å². The number of amides is 1. The first-order valence-electron chi connectivity index (χ1n) is 11.7. The Morgan fingerprint density at radius 1 is 1.14 bits per heavy atom. The molecule has 0 aliphatic heterocycles. The van der Waals surface area contributed by atoms with Crippen LogP contribution in [0.2, 0.25) is 0 Å². The molecule has 0 aliphatic carbocycles. The molecular weight excluding hydrogens is 494 g/mol. The lowest BCUT2D eigenvalue weighted by Crippen LogP contribution is -2.35. The second kappa shape index (κ2) is 25.8. The summed E-state index contributed by atoms with van der Waals surface area (Å²) in [7, 11) is 3.05. The predicted octanol–water partition coefficient (Wildman–Crippen LogP) is 4.74. The van der Waals surface area contributed by atoms with Crippen LogP contribution in [0.5, 0.6) is 0 Å². The largest absolute Gasteiger partial charge is 0.468 e. The lowest BCUT2D eigenvalue weighted by molar-refractivity contribution is -0.139. The standard InChI is InChI=1S/C19H24N2OS.C4H9NO2.C3H8S.CH2O/c1-3-7-17(20-14-22)13-21-23-18-11-10-15(2)19(12-18)16-8-5-4-6-9-16;1-5-3-4(6)7-2;1-3-4-2;1-2/h4-6,8-12,14,17,21H,3,7,13H2,1-2H3,(H,20,22);5H,3H2,1-2H3;3H2,1-2H3;1H2. The van der Waals surface area contributed by atoms with Crippen molar-refractivity contribution in [2.24, 2.45) is 0 Å². The summed E-state index contributed by atoms with van der Waals surface area (Å²) in [5.74, 6) is 1.00. The molecule has 7 nitrogen and oxygen atoms in total. The van der Waals surface area contributed by atoms with Crippen molar-refractivity contribution < 1.29 is 19.1 Å². The van der Waals surface area contributed by atoms with Crippen LogP contribution < -0.4 is 15.4 Å². The molecule has 1 amide bonds. The average molecular weight is 538 g/mol. The van der Waals surface area contributed by atoms with Crippen LogP contribution in [0, 0.1) is 6.92 Å². The van der Waals surface area contributed by atoms with Gasteiger partial charge in [-0.25, -0.2) is 0 Å². The molecule has 2 aromatic rings. The summed E-state index contributed by atoms with van der Waals surface area (Å²) in [6.45, 7) is 9.45. The van der Waals surface area contributed by atoms with Crippen LogP contribution in [0.1, 0.15) is 32.3 Å². The minimum atomic E-state index is -0.234. The first-order valence-corrected chi connectivity index (χ1v) is 13.9. The van der Waals surface area contributed by atoms with Crippen LogP contribution in [-0.2, 0) is 19.1 Å². The second-order valence-electron chi connectivity index (χ2n) is 7.25. The van der Waals surface area contributed by atoms with Gasteiger partial charge in [-0.15, -0.1) is 0 Å². The quantitative estimate of drug-likeness (QED) is 0.203. The van der Waals surface area contributed by atoms with Crippen molar-refractivity contribution >= 4 is 42.9 Å². The number of thioether (sulfide) groups is 1. The zero-order valence-corrected chi connectivity index (χ0v) is 24.1. The van der Waals surface area contributed by atoms with Crippen LogP contribution >= 0.6 is 23.7 Å². The number of benzene rings is 2. The highest BCUT2D eigenvalue weighted by molar-refractivity contribution is 7.98. The fourth-order valence-electron chi connectivity index (χ4n) is 2.72. The summed E-state index contributed by atoms with van der Waals surface area (Å²) in [4.78, 5) is 29.9. The van der Waals surface area contributed by atoms with Crippen LogP contribution in [-0.4, -0.2) is 64.5 Å². The Kier molecular flexibility index (Phi) is 25.6. The van der Waals surface area contributed by atoms with E-state index in [1.165, 1.54) is 34.4 Å². The number of carbonyl (C=O) groups excluding carboxylic acids is 3. The molecule has 2 aromatic carbocycles. The molecule has 36 heavy (non-hydrogen) atoms. The van der Waals surface area contributed by atoms with Gasteiger partial charge in [0.1, 0.15) is 6.79 Å². The summed E-state index contributed by atoms with van der Waals surface area (Å²) in [5.41, 5.74) is 3.76. The Bertz CT molecular complexity index is 809. The highest BCUT2D eigenvalue weighted by Gasteiger charge is 2.07. The maximum absolute atomic E-state index is 10.6. The number of rotatable bonds is 12. The Balaban J connectivity index is 0. The number of nitrogens with one attached hydrogen (secondary N) is 3. The van der Waals surface area contributed by atoms with Crippen LogP contribution in [0.3, 0.4) is 0 Å². The molecule has 0 heterocycles. The van der Waals surface area contributed by atoms with E-state index < -0.39 is 0 Å². The smallest absolute Gasteiger partial charge is 0.319 e. The fraction of sp³-hybridized carbons (Fsp3) is 0.444. The Labute approximate surface area is 226 Å². The summed E-state index contributed by atoms with van der Waals surface area (Å²) in [6.07, 6.45) is 4.92. The van der Waals surface area contributed by atoms with Crippen molar-refractivity contribution in [3.8, 4) is 11.1 Å². The zero-order chi connectivity index (χ0) is 27.6. The van der Waals surface area contributed by atoms with E-state index in [0.717, 1.165) is 25.8 Å². The second-order valence-corrected chi connectivity index (χ2v) is 9.37. The van der Waals surface area contributed by atoms with Crippen molar-refractivity contribution in [1.29, 1.82) is 0 Å². The molecule has 1 unspecified atom stereocenters. The first kappa shape index (κ1) is 35.8. The third-order valence-corrected chi connectivity index (χ3v) is 5.97. The lowest BCUT2D eigenvalue weighted by atomic mass is 10.0. The molecule has 2 rings (SSSR count). The van der Waals surface area contributed by atoms with Gasteiger partial charge in [0, 0.05) is 17.5 Å². The van der Waals surface area contributed by atoms with Gasteiger partial charge in [0.05, 0.1) is 13.7 Å². The fourth-order valence-corrected chi connectivity index (χ4v) is 3.49. The van der Waals surface area contributed by atoms with E-state index in [-0.39, 0.29) is 18.6 Å². The molecule has 0 bridgehead atoms. The summed E-state index contributed by atoms with van der Waals surface area (Å²) < 4.78 is 7.65. The molecule has 202 valence electrons. The molecule has 0 saturated heterocycles. The van der Waals surface area contributed by atoms with E-state index in [2.05, 4.69) is 89.6 Å². The van der Waals surface area contributed by atoms with Gasteiger partial charge in [0.2, 0.25) is 6.41 Å². The SMILES string of the molecule is C=O.CCCC(CNSc1ccc(C)c(-c2ccccc2)c1)NC=O.CCSC.CNCC(=O)OC. The predicted molar refractivity (Wildman–Crippen MR) is 155 cm³/mol. The van der Waals surface area contributed by atoms with Crippen molar-refractivity contribution in [1.82, 2.24) is 15.4 Å². The van der Waals surface area contributed by atoms with E-state index in [4.69, 9.17) is 4.79 Å². The number of ether oxygens (including phenoxy) is 1. The third kappa shape index (κ3) is 18.0. The lowest BCUT2D eigenvalue weighted by Gasteiger charge is -2.16. The number of aryl methyl sites for hydroxylation is 1. The van der Waals surface area contributed by atoms with Crippen LogP contribution in [0.15, 0.2) is 53.4 Å². The Hall–Kier alpha value is -2.33. The number of methoxy groups -OCH3 is 1. The zero-order valence-electron chi connectivity index (χ0n) is 22.5. The highest BCUT2D eigenvalue weighted by Crippen LogP contribution is 2.27. The highest BCUT2D eigenvalue weighted by atomic mass is 32.2. The molecule has 0 radical (unpaired) electrons. The van der Waals surface area contributed by atoms with E-state index in [1.54, 1.807) is 19.0 Å². The maximum atomic E-state index is 10.6. The van der Waals surface area contributed by atoms with Crippen molar-refractivity contribution in [2.45, 2.75) is 44.6 Å². The molecule has 0 aromatic heterocycles. The van der Waals surface area contributed by atoms with Gasteiger partial charge in [0.25, 0.3) is 0 Å². The number of carbonyl (C=O) groups is 3. The molecule has 0 saturated carbocycles. The number of hydrogen-bond acceptors (Lipinski definition) is 8. The van der Waals surface area contributed by atoms with Gasteiger partial charge < -0.3 is 20.2 Å². The van der Waals surface area contributed by atoms with Crippen molar-refractivity contribution in [3.05, 3.63) is 54.1 Å². The van der Waals surface area contributed by atoms with Crippen molar-refractivity contribution in [3.63, 3.8) is 0 Å². The molecule has 9 heteroatoms. The van der Waals surface area contributed by atoms with Crippen molar-refractivity contribution in [2.75, 3.05) is 39.3 Å². The normalized spacial score (nSPS) is 10.2. The topological polar surface area (TPSA) is 96.5 Å². The summed E-state index contributed by atoms with van der Waals surface area (Å²) in [6, 6.07) is 17.1. The average Bonchev–Trinajstić information content (AvgIpc) is 2.92. The molecule has 0 aliphatic rings.